The lowest BCUT2D eigenvalue weighted by molar-refractivity contribution is -0.121. The summed E-state index contributed by atoms with van der Waals surface area (Å²) in [5, 5.41) is 11.2. The number of carbonyl (C=O) groups excluding carboxylic acids is 1. The monoisotopic (exact) mass is 431 g/mol. The van der Waals surface area contributed by atoms with Gasteiger partial charge in [-0.15, -0.1) is 0 Å². The first-order valence-corrected chi connectivity index (χ1v) is 10.0. The lowest BCUT2D eigenvalue weighted by Gasteiger charge is -2.09. The molecule has 0 saturated heterocycles. The summed E-state index contributed by atoms with van der Waals surface area (Å²) in [4.78, 5) is 36.5. The third-order valence-electron chi connectivity index (χ3n) is 4.79. The molecule has 0 saturated carbocycles. The number of nitrogens with one attached hydrogen (secondary N) is 1. The molecule has 0 atom stereocenters. The molecule has 1 aromatic carbocycles. The first kappa shape index (κ1) is 21.0. The number of nitrogens with zero attached hydrogens (tertiary/aromatic N) is 4. The van der Waals surface area contributed by atoms with Crippen molar-refractivity contribution in [1.82, 2.24) is 24.9 Å². The summed E-state index contributed by atoms with van der Waals surface area (Å²) < 4.78 is 7.66. The maximum absolute atomic E-state index is 12.4. The highest BCUT2D eigenvalue weighted by atomic mass is 16.3. The second-order valence-electron chi connectivity index (χ2n) is 7.19. The number of carbonyl (C=O) groups is 1. The van der Waals surface area contributed by atoms with Gasteiger partial charge >= 0.3 is 0 Å². The zero-order valence-corrected chi connectivity index (χ0v) is 17.4. The van der Waals surface area contributed by atoms with Crippen molar-refractivity contribution in [2.24, 2.45) is 0 Å². The molecule has 9 nitrogen and oxygen atoms in total. The van der Waals surface area contributed by atoms with Gasteiger partial charge in [-0.25, -0.2) is 9.36 Å². The SMILES string of the molecule is Cc1ccc(-c2ccc(=O)n(CC(=O)NCCn3nc(-c4ccco4)ccc3=O)n2)cc1. The van der Waals surface area contributed by atoms with Gasteiger partial charge in [-0.2, -0.15) is 10.2 Å². The van der Waals surface area contributed by atoms with Gasteiger partial charge in [0.05, 0.1) is 18.5 Å². The van der Waals surface area contributed by atoms with Crippen molar-refractivity contribution in [3.8, 4) is 22.7 Å². The van der Waals surface area contributed by atoms with Crippen molar-refractivity contribution in [1.29, 1.82) is 0 Å². The van der Waals surface area contributed by atoms with Gasteiger partial charge in [0.1, 0.15) is 12.2 Å². The molecule has 0 radical (unpaired) electrons. The van der Waals surface area contributed by atoms with E-state index in [0.717, 1.165) is 15.8 Å². The predicted molar refractivity (Wildman–Crippen MR) is 118 cm³/mol. The first-order valence-electron chi connectivity index (χ1n) is 10.0. The van der Waals surface area contributed by atoms with Crippen LogP contribution in [0.1, 0.15) is 5.56 Å². The molecular formula is C23H21N5O4. The van der Waals surface area contributed by atoms with Gasteiger partial charge in [-0.1, -0.05) is 29.8 Å². The molecule has 0 fully saturated rings. The van der Waals surface area contributed by atoms with E-state index in [4.69, 9.17) is 4.42 Å². The molecule has 0 spiro atoms. The summed E-state index contributed by atoms with van der Waals surface area (Å²) in [5.41, 5.74) is 2.42. The Morgan fingerprint density at radius 3 is 2.31 bits per heavy atom. The molecule has 4 aromatic rings. The highest BCUT2D eigenvalue weighted by Gasteiger charge is 2.09. The topological polar surface area (TPSA) is 112 Å². The second-order valence-corrected chi connectivity index (χ2v) is 7.19. The van der Waals surface area contributed by atoms with Crippen LogP contribution in [0.15, 0.2) is 80.9 Å². The predicted octanol–water partition coefficient (Wildman–Crippen LogP) is 1.85. The molecule has 3 aromatic heterocycles. The van der Waals surface area contributed by atoms with Gasteiger partial charge < -0.3 is 9.73 Å². The Hall–Kier alpha value is -4.27. The standard InChI is InChI=1S/C23H21N5O4/c1-16-4-6-17(7-5-16)18-8-10-23(31)28(25-18)15-21(29)24-12-13-27-22(30)11-9-19(26-27)20-3-2-14-32-20/h2-11,14H,12-13,15H2,1H3,(H,24,29). The number of benzene rings is 1. The Balaban J connectivity index is 1.39. The Morgan fingerprint density at radius 2 is 1.59 bits per heavy atom. The van der Waals surface area contributed by atoms with Crippen LogP contribution < -0.4 is 16.4 Å². The summed E-state index contributed by atoms with van der Waals surface area (Å²) in [7, 11) is 0. The Kier molecular flexibility index (Phi) is 6.07. The number of amides is 1. The van der Waals surface area contributed by atoms with Crippen LogP contribution in [0.3, 0.4) is 0 Å². The fourth-order valence-corrected chi connectivity index (χ4v) is 3.10. The molecule has 0 unspecified atom stereocenters. The average molecular weight is 431 g/mol. The molecule has 0 aliphatic heterocycles. The molecule has 3 heterocycles. The van der Waals surface area contributed by atoms with Crippen molar-refractivity contribution in [2.75, 3.05) is 6.54 Å². The molecule has 0 aliphatic carbocycles. The van der Waals surface area contributed by atoms with E-state index in [1.807, 2.05) is 31.2 Å². The smallest absolute Gasteiger partial charge is 0.267 e. The minimum Gasteiger partial charge on any atom is -0.463 e. The average Bonchev–Trinajstić information content (AvgIpc) is 3.32. The molecular weight excluding hydrogens is 410 g/mol. The second kappa shape index (κ2) is 9.25. The minimum atomic E-state index is -0.393. The highest BCUT2D eigenvalue weighted by Crippen LogP contribution is 2.16. The molecule has 9 heteroatoms. The van der Waals surface area contributed by atoms with Crippen molar-refractivity contribution < 1.29 is 9.21 Å². The van der Waals surface area contributed by atoms with E-state index in [1.165, 1.54) is 23.1 Å². The van der Waals surface area contributed by atoms with Crippen LogP contribution in [0.4, 0.5) is 0 Å². The summed E-state index contributed by atoms with van der Waals surface area (Å²) in [6, 6.07) is 17.2. The summed E-state index contributed by atoms with van der Waals surface area (Å²) in [5.74, 6) is 0.151. The lowest BCUT2D eigenvalue weighted by atomic mass is 10.1. The maximum atomic E-state index is 12.4. The zero-order chi connectivity index (χ0) is 22.5. The van der Waals surface area contributed by atoms with Gasteiger partial charge in [-0.05, 0) is 31.2 Å². The molecule has 0 bridgehead atoms. The van der Waals surface area contributed by atoms with Crippen LogP contribution in [0.5, 0.6) is 0 Å². The van der Waals surface area contributed by atoms with Gasteiger partial charge in [-0.3, -0.25) is 14.4 Å². The number of hydrogen-bond acceptors (Lipinski definition) is 6. The number of aromatic nitrogens is 4. The lowest BCUT2D eigenvalue weighted by Crippen LogP contribution is -2.36. The molecule has 4 rings (SSSR count). The van der Waals surface area contributed by atoms with E-state index in [-0.39, 0.29) is 30.8 Å². The van der Waals surface area contributed by atoms with Crippen LogP contribution in [0.25, 0.3) is 22.7 Å². The van der Waals surface area contributed by atoms with Gasteiger partial charge in [0.2, 0.25) is 5.91 Å². The number of rotatable bonds is 7. The van der Waals surface area contributed by atoms with Gasteiger partial charge in [0.25, 0.3) is 11.1 Å². The van der Waals surface area contributed by atoms with Crippen LogP contribution in [-0.4, -0.2) is 32.0 Å². The fraction of sp³-hybridized carbons (Fsp3) is 0.174. The van der Waals surface area contributed by atoms with Gasteiger partial charge in [0, 0.05) is 24.2 Å². The quantitative estimate of drug-likeness (QED) is 0.478. The van der Waals surface area contributed by atoms with Crippen molar-refractivity contribution in [3.05, 3.63) is 93.2 Å². The third kappa shape index (κ3) is 4.89. The van der Waals surface area contributed by atoms with Crippen molar-refractivity contribution >= 4 is 5.91 Å². The molecule has 162 valence electrons. The van der Waals surface area contributed by atoms with E-state index >= 15 is 0 Å². The summed E-state index contributed by atoms with van der Waals surface area (Å²) in [6.07, 6.45) is 1.52. The highest BCUT2D eigenvalue weighted by molar-refractivity contribution is 5.75. The summed E-state index contributed by atoms with van der Waals surface area (Å²) in [6.45, 7) is 2.09. The van der Waals surface area contributed by atoms with Gasteiger partial charge in [0.15, 0.2) is 5.76 Å². The zero-order valence-electron chi connectivity index (χ0n) is 17.4. The van der Waals surface area contributed by atoms with Crippen LogP contribution in [-0.2, 0) is 17.9 Å². The largest absolute Gasteiger partial charge is 0.463 e. The van der Waals surface area contributed by atoms with Crippen LogP contribution in [0.2, 0.25) is 0 Å². The van der Waals surface area contributed by atoms with Crippen molar-refractivity contribution in [3.63, 3.8) is 0 Å². The Morgan fingerprint density at radius 1 is 0.906 bits per heavy atom. The van der Waals surface area contributed by atoms with E-state index in [9.17, 15) is 14.4 Å². The van der Waals surface area contributed by atoms with Crippen molar-refractivity contribution in [2.45, 2.75) is 20.0 Å². The summed E-state index contributed by atoms with van der Waals surface area (Å²) >= 11 is 0. The number of furan rings is 1. The number of aryl methyl sites for hydroxylation is 1. The first-order chi connectivity index (χ1) is 15.5. The van der Waals surface area contributed by atoms with Crippen LogP contribution >= 0.6 is 0 Å². The van der Waals surface area contributed by atoms with E-state index in [0.29, 0.717) is 17.1 Å². The molecule has 1 amide bonds. The third-order valence-corrected chi connectivity index (χ3v) is 4.79. The maximum Gasteiger partial charge on any atom is 0.267 e. The molecule has 0 aliphatic rings. The van der Waals surface area contributed by atoms with E-state index in [1.54, 1.807) is 24.3 Å². The van der Waals surface area contributed by atoms with E-state index < -0.39 is 5.91 Å². The minimum absolute atomic E-state index is 0.166. The Bertz CT molecular complexity index is 1340. The molecule has 32 heavy (non-hydrogen) atoms. The molecule has 1 N–H and O–H groups in total. The Labute approximate surface area is 182 Å². The van der Waals surface area contributed by atoms with E-state index in [2.05, 4.69) is 15.5 Å². The normalized spacial score (nSPS) is 10.8. The van der Waals surface area contributed by atoms with Crippen LogP contribution in [0, 0.1) is 6.92 Å². The number of hydrogen-bond donors (Lipinski definition) is 1. The fourth-order valence-electron chi connectivity index (χ4n) is 3.10.